The average Bonchev–Trinajstić information content (AvgIpc) is 3.69. The third-order valence-corrected chi connectivity index (χ3v) is 11.6. The lowest BCUT2D eigenvalue weighted by molar-refractivity contribution is 0.0678. The number of fused-ring (bicyclic) bond motifs is 3. The van der Waals surface area contributed by atoms with E-state index >= 15 is 0 Å². The summed E-state index contributed by atoms with van der Waals surface area (Å²) < 4.78 is 0. The monoisotopic (exact) mass is 536 g/mol. The molecule has 9 aliphatic rings. The largest absolute Gasteiger partial charge is 0.477 e. The fraction of sp³-hybridized carbons (Fsp3) is 0.375. The molecule has 12 rings (SSSR count). The molecule has 4 N–H and O–H groups in total. The minimum atomic E-state index is -0.891. The van der Waals surface area contributed by atoms with Crippen LogP contribution in [-0.2, 0) is 0 Å². The van der Waals surface area contributed by atoms with Gasteiger partial charge in [0.2, 0.25) is 0 Å². The Kier molecular flexibility index (Phi) is 4.30. The van der Waals surface area contributed by atoms with E-state index in [0.29, 0.717) is 23.2 Å². The molecule has 6 unspecified atom stereocenters. The van der Waals surface area contributed by atoms with Gasteiger partial charge in [-0.15, -0.1) is 11.3 Å². The molecule has 0 spiro atoms. The van der Waals surface area contributed by atoms with Gasteiger partial charge in [-0.25, -0.2) is 9.59 Å². The van der Waals surface area contributed by atoms with Gasteiger partial charge in [0.25, 0.3) is 0 Å². The Bertz CT molecular complexity index is 1610. The molecule has 39 heavy (non-hydrogen) atoms. The number of rotatable bonds is 4. The number of hydrogen-bond donors (Lipinski definition) is 4. The maximum atomic E-state index is 12.4. The van der Waals surface area contributed by atoms with Crippen LogP contribution in [0, 0.1) is 0 Å². The van der Waals surface area contributed by atoms with Gasteiger partial charge < -0.3 is 20.2 Å². The molecule has 3 heterocycles. The average molecular weight is 537 g/mol. The van der Waals surface area contributed by atoms with Crippen molar-refractivity contribution in [2.45, 2.75) is 74.0 Å². The topological polar surface area (TPSA) is 106 Å². The molecule has 6 nitrogen and oxygen atoms in total. The number of aromatic amines is 2. The maximum Gasteiger partial charge on any atom is 0.352 e. The molecule has 9 aliphatic carbocycles. The van der Waals surface area contributed by atoms with Gasteiger partial charge in [0.05, 0.1) is 21.1 Å². The second kappa shape index (κ2) is 7.54. The van der Waals surface area contributed by atoms with E-state index in [2.05, 4.69) is 46.4 Å². The van der Waals surface area contributed by atoms with Crippen molar-refractivity contribution in [3.8, 4) is 21.1 Å². The number of carboxylic acid groups (broad SMARTS) is 2. The van der Waals surface area contributed by atoms with E-state index in [1.165, 1.54) is 22.3 Å². The Morgan fingerprint density at radius 3 is 1.15 bits per heavy atom. The predicted octanol–water partition coefficient (Wildman–Crippen LogP) is 7.73. The number of thiophene rings is 1. The van der Waals surface area contributed by atoms with Crippen molar-refractivity contribution < 1.29 is 19.8 Å². The number of aromatic nitrogens is 2. The van der Waals surface area contributed by atoms with Crippen LogP contribution >= 0.6 is 11.3 Å². The van der Waals surface area contributed by atoms with E-state index in [9.17, 15) is 19.8 Å². The van der Waals surface area contributed by atoms with Crippen LogP contribution in [0.15, 0.2) is 36.5 Å². The van der Waals surface area contributed by atoms with Crippen LogP contribution in [0.1, 0.15) is 128 Å². The zero-order chi connectivity index (χ0) is 26.2. The van der Waals surface area contributed by atoms with Crippen LogP contribution in [0.25, 0.3) is 21.1 Å². The number of aromatic carboxylic acids is 2. The smallest absolute Gasteiger partial charge is 0.352 e. The predicted molar refractivity (Wildman–Crippen MR) is 149 cm³/mol. The fourth-order valence-corrected chi connectivity index (χ4v) is 10.2. The van der Waals surface area contributed by atoms with E-state index in [1.807, 2.05) is 0 Å². The summed E-state index contributed by atoms with van der Waals surface area (Å²) in [5.41, 5.74) is 9.61. The van der Waals surface area contributed by atoms with E-state index in [1.54, 1.807) is 11.3 Å². The highest BCUT2D eigenvalue weighted by molar-refractivity contribution is 7.19. The maximum absolute atomic E-state index is 12.4. The molecule has 0 saturated heterocycles. The SMILES string of the molecule is O=C(O)c1[nH]c(-c2sc(-c3[nH]c(C(=O)O)c4c3C3C=CC4CC3)c3c2C2C=CC3CC2)c2c1C1C=CC2CC1. The van der Waals surface area contributed by atoms with Crippen molar-refractivity contribution in [2.24, 2.45) is 0 Å². The summed E-state index contributed by atoms with van der Waals surface area (Å²) >= 11 is 1.74. The highest BCUT2D eigenvalue weighted by Crippen LogP contribution is 2.61. The molecule has 6 atom stereocenters. The Morgan fingerprint density at radius 1 is 0.538 bits per heavy atom. The summed E-state index contributed by atoms with van der Waals surface area (Å²) in [6, 6.07) is 0. The second-order valence-electron chi connectivity index (χ2n) is 12.1. The summed E-state index contributed by atoms with van der Waals surface area (Å²) in [7, 11) is 0. The highest BCUT2D eigenvalue weighted by atomic mass is 32.1. The van der Waals surface area contributed by atoms with Crippen molar-refractivity contribution >= 4 is 23.3 Å². The highest BCUT2D eigenvalue weighted by Gasteiger charge is 2.43. The molecule has 0 saturated carbocycles. The Labute approximate surface area is 229 Å². The lowest BCUT2D eigenvalue weighted by atomic mass is 9.68. The van der Waals surface area contributed by atoms with Crippen molar-refractivity contribution in [1.82, 2.24) is 9.97 Å². The number of allylic oxidation sites excluding steroid dienone is 6. The molecule has 0 radical (unpaired) electrons. The molecule has 0 fully saturated rings. The molecule has 6 bridgehead atoms. The summed E-state index contributed by atoms with van der Waals surface area (Å²) in [6.45, 7) is 0. The first-order valence-electron chi connectivity index (χ1n) is 14.2. The van der Waals surface area contributed by atoms with Gasteiger partial charge in [-0.3, -0.25) is 0 Å². The molecule has 3 aromatic rings. The van der Waals surface area contributed by atoms with Gasteiger partial charge in [-0.1, -0.05) is 36.5 Å². The van der Waals surface area contributed by atoms with Gasteiger partial charge in [0, 0.05) is 35.5 Å². The first-order chi connectivity index (χ1) is 19.0. The van der Waals surface area contributed by atoms with Crippen LogP contribution in [0.2, 0.25) is 0 Å². The zero-order valence-corrected chi connectivity index (χ0v) is 22.1. The van der Waals surface area contributed by atoms with Gasteiger partial charge in [-0.2, -0.15) is 0 Å². The summed E-state index contributed by atoms with van der Waals surface area (Å²) in [6.07, 6.45) is 19.9. The van der Waals surface area contributed by atoms with Gasteiger partial charge in [0.15, 0.2) is 0 Å². The first kappa shape index (κ1) is 22.3. The number of hydrogen-bond acceptors (Lipinski definition) is 3. The summed E-state index contributed by atoms with van der Waals surface area (Å²) in [4.78, 5) is 34.0. The summed E-state index contributed by atoms with van der Waals surface area (Å²) in [5.74, 6) is -0.397. The van der Waals surface area contributed by atoms with Crippen LogP contribution in [-0.4, -0.2) is 32.1 Å². The van der Waals surface area contributed by atoms with E-state index in [0.717, 1.165) is 70.8 Å². The van der Waals surface area contributed by atoms with Crippen LogP contribution < -0.4 is 0 Å². The summed E-state index contributed by atoms with van der Waals surface area (Å²) in [5, 5.41) is 20.3. The minimum Gasteiger partial charge on any atom is -0.477 e. The third-order valence-electron chi connectivity index (χ3n) is 10.3. The van der Waals surface area contributed by atoms with Crippen LogP contribution in [0.5, 0.6) is 0 Å². The molecule has 196 valence electrons. The lowest BCUT2D eigenvalue weighted by Gasteiger charge is -2.34. The zero-order valence-electron chi connectivity index (χ0n) is 21.3. The molecule has 0 amide bonds. The van der Waals surface area contributed by atoms with Crippen molar-refractivity contribution in [2.75, 3.05) is 0 Å². The van der Waals surface area contributed by atoms with E-state index < -0.39 is 11.9 Å². The lowest BCUT2D eigenvalue weighted by Crippen LogP contribution is -2.19. The van der Waals surface area contributed by atoms with Crippen LogP contribution in [0.3, 0.4) is 0 Å². The molecule has 7 heteroatoms. The van der Waals surface area contributed by atoms with E-state index in [-0.39, 0.29) is 23.7 Å². The normalized spacial score (nSPS) is 30.1. The number of nitrogens with one attached hydrogen (secondary N) is 2. The van der Waals surface area contributed by atoms with Crippen LogP contribution in [0.4, 0.5) is 0 Å². The van der Waals surface area contributed by atoms with Crippen molar-refractivity contribution in [3.63, 3.8) is 0 Å². The second-order valence-corrected chi connectivity index (χ2v) is 13.1. The molecular formula is C32H28N2O4S. The Hall–Kier alpha value is -3.58. The fourth-order valence-electron chi connectivity index (χ4n) is 8.76. The third kappa shape index (κ3) is 2.76. The van der Waals surface area contributed by atoms with Gasteiger partial charge >= 0.3 is 11.9 Å². The molecule has 0 aliphatic heterocycles. The Morgan fingerprint density at radius 2 is 0.846 bits per heavy atom. The van der Waals surface area contributed by atoms with Crippen molar-refractivity contribution in [3.05, 3.63) is 81.2 Å². The number of carboxylic acids is 2. The quantitative estimate of drug-likeness (QED) is 0.256. The van der Waals surface area contributed by atoms with Gasteiger partial charge in [-0.05, 0) is 71.9 Å². The van der Waals surface area contributed by atoms with Gasteiger partial charge in [0.1, 0.15) is 11.4 Å². The Balaban J connectivity index is 1.33. The van der Waals surface area contributed by atoms with E-state index in [4.69, 9.17) is 0 Å². The molecular weight excluding hydrogens is 508 g/mol. The standard InChI is InChI=1S/C32H28N2O4S/c35-31(36)27-21-15-5-1-13(2-6-15)19(21)25(33-27)29-23-17-9-11-18(12-10-17)24(23)30(39-29)26-20-14-3-7-16(8-4-14)22(20)28(34-26)32(37)38/h1,3,5,7,9,11,13-18,33-34H,2,4,6,8,10,12H2,(H,35,36)(H,37,38). The minimum absolute atomic E-state index is 0.156. The number of carbonyl (C=O) groups is 2. The molecule has 0 aromatic carbocycles. The first-order valence-corrected chi connectivity index (χ1v) is 15.0. The van der Waals surface area contributed by atoms with Crippen molar-refractivity contribution in [1.29, 1.82) is 0 Å². The number of H-pyrrole nitrogens is 2. The molecule has 3 aromatic heterocycles.